The van der Waals surface area contributed by atoms with Crippen LogP contribution in [0.4, 0.5) is 5.95 Å². The number of fused-ring (bicyclic) bond motifs is 1. The molecule has 22 nitrogen and oxygen atoms in total. The van der Waals surface area contributed by atoms with Crippen LogP contribution in [-0.4, -0.2) is 61.2 Å². The molecule has 0 radical (unpaired) electrons. The molecule has 3 unspecified atom stereocenters. The number of imidazole rings is 1. The second-order valence-corrected chi connectivity index (χ2v) is 11.0. The summed E-state index contributed by atoms with van der Waals surface area (Å²) in [4.78, 5) is 66.7. The van der Waals surface area contributed by atoms with Gasteiger partial charge in [-0.1, -0.05) is 5.11 Å². The maximum Gasteiger partial charge on any atom is 0.280 e. The van der Waals surface area contributed by atoms with Crippen molar-refractivity contribution < 1.29 is 61.0 Å². The van der Waals surface area contributed by atoms with E-state index in [-0.39, 0.29) is 17.1 Å². The third kappa shape index (κ3) is 6.00. The lowest BCUT2D eigenvalue weighted by atomic mass is 10.1. The number of ether oxygens (including phenoxy) is 2. The molecule has 3 rings (SSSR count). The number of aromatic amines is 1. The Morgan fingerprint density at radius 3 is 2.61 bits per heavy atom. The first-order valence-electron chi connectivity index (χ1n) is 8.94. The average molecular weight is 575 g/mol. The van der Waals surface area contributed by atoms with E-state index in [0.29, 0.717) is 0 Å². The minimum absolute atomic E-state index is 0.201. The predicted octanol–water partition coefficient (Wildman–Crippen LogP) is -2.94. The predicted molar refractivity (Wildman–Crippen MR) is 105 cm³/mol. The summed E-state index contributed by atoms with van der Waals surface area (Å²) in [5, 5.41) is 14.1. The van der Waals surface area contributed by atoms with Crippen molar-refractivity contribution in [2.24, 2.45) is 5.11 Å². The molecule has 0 amide bonds. The molecule has 0 spiro atoms. The van der Waals surface area contributed by atoms with Gasteiger partial charge in [0.05, 0.1) is 6.33 Å². The van der Waals surface area contributed by atoms with E-state index in [1.165, 1.54) is 0 Å². The Balaban J connectivity index is 1.92. The molecular weight excluding hydrogens is 561 g/mol. The molecule has 200 valence electrons. The zero-order chi connectivity index (χ0) is 27.1. The van der Waals surface area contributed by atoms with Crippen molar-refractivity contribution >= 4 is 40.6 Å². The molecule has 1 aliphatic rings. The van der Waals surface area contributed by atoms with Crippen LogP contribution in [0.3, 0.4) is 0 Å². The molecule has 1 saturated heterocycles. The monoisotopic (exact) mass is 575 g/mol. The van der Waals surface area contributed by atoms with Crippen LogP contribution in [0, 0.1) is 0 Å². The highest BCUT2D eigenvalue weighted by Crippen LogP contribution is 2.61. The maximum atomic E-state index is 12.0. The number of phosphoric ester groups is 1. The van der Waals surface area contributed by atoms with E-state index in [1.807, 2.05) is 0 Å². The molecule has 0 saturated carbocycles. The molecule has 25 heteroatoms. The minimum Gasteiger partial charge on any atom is -0.756 e. The second kappa shape index (κ2) is 9.90. The molecule has 7 atom stereocenters. The van der Waals surface area contributed by atoms with E-state index in [0.717, 1.165) is 18.0 Å². The van der Waals surface area contributed by atoms with Gasteiger partial charge in [-0.05, 0) is 5.53 Å². The van der Waals surface area contributed by atoms with E-state index in [2.05, 4.69) is 38.1 Å². The topological polar surface area (TPSA) is 345 Å². The summed E-state index contributed by atoms with van der Waals surface area (Å²) in [6.45, 7) is -1.36. The Kier molecular flexibility index (Phi) is 7.79. The minimum atomic E-state index is -6.21. The number of nitrogen functional groups attached to an aromatic ring is 1. The van der Waals surface area contributed by atoms with Crippen LogP contribution in [0.2, 0.25) is 0 Å². The van der Waals surface area contributed by atoms with Crippen molar-refractivity contribution in [3.05, 3.63) is 27.1 Å². The molecule has 0 bridgehead atoms. The normalized spacial score (nSPS) is 29.2. The van der Waals surface area contributed by atoms with Gasteiger partial charge in [0.15, 0.2) is 17.4 Å². The van der Waals surface area contributed by atoms with Crippen LogP contribution in [0.15, 0.2) is 16.2 Å². The molecule has 5 N–H and O–H groups in total. The fraction of sp³-hybridized carbons (Fsp3) is 0.545. The highest BCUT2D eigenvalue weighted by molar-refractivity contribution is 7.65. The highest BCUT2D eigenvalue weighted by Gasteiger charge is 2.57. The number of anilines is 1. The van der Waals surface area contributed by atoms with E-state index in [4.69, 9.17) is 25.6 Å². The maximum absolute atomic E-state index is 12.0. The van der Waals surface area contributed by atoms with Gasteiger partial charge in [0.25, 0.3) is 29.0 Å². The summed E-state index contributed by atoms with van der Waals surface area (Å²) >= 11 is 0. The van der Waals surface area contributed by atoms with Crippen molar-refractivity contribution in [3.8, 4) is 0 Å². The summed E-state index contributed by atoms with van der Waals surface area (Å²) in [5.41, 5.74) is 13.3. The van der Waals surface area contributed by atoms with E-state index in [1.54, 1.807) is 0 Å². The third-order valence-corrected chi connectivity index (χ3v) is 8.14. The Morgan fingerprint density at radius 1 is 1.36 bits per heavy atom. The average Bonchev–Trinajstić information content (AvgIpc) is 3.24. The summed E-state index contributed by atoms with van der Waals surface area (Å²) in [6, 6.07) is -1.61. The van der Waals surface area contributed by atoms with Gasteiger partial charge in [0.2, 0.25) is 11.7 Å². The number of aliphatic hydroxyl groups excluding tert-OH is 1. The lowest BCUT2D eigenvalue weighted by Crippen LogP contribution is -2.48. The number of H-pyrrole nitrogens is 1. The second-order valence-electron chi connectivity index (χ2n) is 6.74. The van der Waals surface area contributed by atoms with Crippen LogP contribution in [0.5, 0.6) is 0 Å². The van der Waals surface area contributed by atoms with Crippen LogP contribution >= 0.6 is 23.5 Å². The molecule has 1 fully saturated rings. The van der Waals surface area contributed by atoms with Crippen molar-refractivity contribution in [3.63, 3.8) is 0 Å². The fourth-order valence-electron chi connectivity index (χ4n) is 3.09. The zero-order valence-electron chi connectivity index (χ0n) is 17.4. The van der Waals surface area contributed by atoms with Crippen LogP contribution in [0.1, 0.15) is 6.23 Å². The number of hydrogen-bond acceptors (Lipinski definition) is 17. The zero-order valence-corrected chi connectivity index (χ0v) is 20.1. The first-order valence-corrected chi connectivity index (χ1v) is 13.4. The van der Waals surface area contributed by atoms with Crippen LogP contribution < -0.4 is 26.0 Å². The summed E-state index contributed by atoms with van der Waals surface area (Å²) in [7, 11) is -17.3. The number of methoxy groups -OCH3 is 1. The third-order valence-electron chi connectivity index (χ3n) is 4.47. The number of rotatable bonds is 10. The number of hydrogen-bond donors (Lipinski definition) is 4. The SMILES string of the molecule is CO[C@]1(COP(=O)([O-])OP(=O)([O-])OP(=O)([O-])O)O[C@@H](n2cnc3c(=O)[nH]c(N)nc32)[C@@H](N=[N+]=[N-])[C@@H]1O. The van der Waals surface area contributed by atoms with Crippen molar-refractivity contribution in [2.75, 3.05) is 19.5 Å². The quantitative estimate of drug-likeness (QED) is 0.0952. The number of nitrogens with one attached hydrogen (secondary N) is 1. The first-order chi connectivity index (χ1) is 16.5. The Hall–Kier alpha value is -2.25. The smallest absolute Gasteiger partial charge is 0.280 e. The van der Waals surface area contributed by atoms with Crippen molar-refractivity contribution in [1.29, 1.82) is 0 Å². The number of phosphoric acid groups is 3. The van der Waals surface area contributed by atoms with Gasteiger partial charge in [0.1, 0.15) is 18.8 Å². The number of aliphatic hydroxyl groups is 1. The first kappa shape index (κ1) is 28.3. The van der Waals surface area contributed by atoms with Gasteiger partial charge in [-0.3, -0.25) is 28.0 Å². The van der Waals surface area contributed by atoms with Crippen molar-refractivity contribution in [1.82, 2.24) is 19.5 Å². The fourth-order valence-corrected chi connectivity index (χ4v) is 6.00. The molecule has 0 aliphatic carbocycles. The van der Waals surface area contributed by atoms with Gasteiger partial charge < -0.3 is 44.4 Å². The Morgan fingerprint density at radius 2 is 2.03 bits per heavy atom. The molecular formula is C11H14N8O14P3-3. The van der Waals surface area contributed by atoms with E-state index in [9.17, 15) is 38.3 Å². The number of nitrogens with zero attached hydrogens (tertiary/aromatic N) is 6. The lowest BCUT2D eigenvalue weighted by molar-refractivity contribution is -0.282. The van der Waals surface area contributed by atoms with Gasteiger partial charge in [-0.25, -0.2) is 13.6 Å². The molecule has 2 aromatic heterocycles. The number of nitrogens with two attached hydrogens (primary N) is 1. The van der Waals surface area contributed by atoms with Gasteiger partial charge >= 0.3 is 0 Å². The van der Waals surface area contributed by atoms with Gasteiger partial charge in [0, 0.05) is 12.0 Å². The Labute approximate surface area is 197 Å². The molecule has 2 aromatic rings. The largest absolute Gasteiger partial charge is 0.756 e. The standard InChI is InChI=1S/C11H17N8O14P3/c1-29-11(2-30-35(25,26)33-36(27,28)32-34(22,23)24)6(20)4(17-18-13)9(31-11)19-3-14-5-7(19)15-10(12)16-8(5)21/h3-4,6,9,20H,2H2,1H3,(H,25,26)(H,27,28)(H2,22,23,24)(H3,12,15,16,21)/p-3/t4-,6-,9+,11+/m0/s1. The van der Waals surface area contributed by atoms with Crippen LogP contribution in [-0.2, 0) is 36.3 Å². The number of aromatic nitrogens is 4. The molecule has 36 heavy (non-hydrogen) atoms. The summed E-state index contributed by atoms with van der Waals surface area (Å²) < 4.78 is 56.4. The molecule has 0 aromatic carbocycles. The lowest BCUT2D eigenvalue weighted by Gasteiger charge is -2.35. The van der Waals surface area contributed by atoms with Gasteiger partial charge in [-0.15, -0.1) is 0 Å². The van der Waals surface area contributed by atoms with Crippen LogP contribution in [0.25, 0.3) is 21.6 Å². The van der Waals surface area contributed by atoms with E-state index >= 15 is 0 Å². The van der Waals surface area contributed by atoms with E-state index < -0.39 is 59.8 Å². The summed E-state index contributed by atoms with van der Waals surface area (Å²) in [6.07, 6.45) is -2.59. The molecule has 3 heterocycles. The number of azide groups is 1. The van der Waals surface area contributed by atoms with Crippen molar-refractivity contribution in [2.45, 2.75) is 24.2 Å². The Bertz CT molecular complexity index is 1400. The molecule has 1 aliphatic heterocycles. The summed E-state index contributed by atoms with van der Waals surface area (Å²) in [5.74, 6) is -2.84. The van der Waals surface area contributed by atoms with Gasteiger partial charge in [-0.2, -0.15) is 4.98 Å². The highest BCUT2D eigenvalue weighted by atomic mass is 31.3.